The van der Waals surface area contributed by atoms with Crippen LogP contribution in [0.5, 0.6) is 0 Å². The van der Waals surface area contributed by atoms with Gasteiger partial charge < -0.3 is 11.1 Å². The van der Waals surface area contributed by atoms with E-state index >= 15 is 0 Å². The Morgan fingerprint density at radius 3 is 2.63 bits per heavy atom. The van der Waals surface area contributed by atoms with Gasteiger partial charge in [-0.2, -0.15) is 0 Å². The quantitative estimate of drug-likeness (QED) is 0.876. The maximum Gasteiger partial charge on any atom is 0.269 e. The molecule has 5 nitrogen and oxygen atoms in total. The van der Waals surface area contributed by atoms with Gasteiger partial charge in [-0.15, -0.1) is 10.2 Å². The van der Waals surface area contributed by atoms with Crippen LogP contribution < -0.4 is 11.1 Å². The number of hydrogen-bond donors (Lipinski definition) is 2. The minimum absolute atomic E-state index is 0.0301. The molecule has 0 saturated carbocycles. The molecule has 2 rings (SSSR count). The number of halogens is 2. The van der Waals surface area contributed by atoms with Crippen LogP contribution >= 0.6 is 0 Å². The molecule has 0 saturated heterocycles. The summed E-state index contributed by atoms with van der Waals surface area (Å²) in [6, 6.07) is 6.05. The molecule has 0 aliphatic carbocycles. The van der Waals surface area contributed by atoms with Crippen LogP contribution in [-0.2, 0) is 6.54 Å². The minimum Gasteiger partial charge on any atom is -0.364 e. The van der Waals surface area contributed by atoms with Crippen molar-refractivity contribution in [3.8, 4) is 0 Å². The Balaban J connectivity index is 2.06. The number of rotatable bonds is 4. The van der Waals surface area contributed by atoms with Gasteiger partial charge in [-0.05, 0) is 30.3 Å². The third-order valence-electron chi connectivity index (χ3n) is 2.38. The number of anilines is 1. The lowest BCUT2D eigenvalue weighted by Gasteiger charge is -2.06. The number of benzene rings is 1. The Labute approximate surface area is 107 Å². The number of nitrogens with zero attached hydrogens (tertiary/aromatic N) is 2. The van der Waals surface area contributed by atoms with E-state index in [1.165, 1.54) is 12.1 Å². The van der Waals surface area contributed by atoms with Crippen LogP contribution in [0.25, 0.3) is 0 Å². The Bertz CT molecular complexity index is 601. The molecular weight excluding hydrogens is 254 g/mol. The molecule has 0 aliphatic rings. The second-order valence-corrected chi connectivity index (χ2v) is 3.76. The molecule has 1 amide bonds. The van der Waals surface area contributed by atoms with E-state index in [9.17, 15) is 13.6 Å². The predicted molar refractivity (Wildman–Crippen MR) is 64.2 cm³/mol. The van der Waals surface area contributed by atoms with E-state index in [2.05, 4.69) is 15.5 Å². The zero-order valence-corrected chi connectivity index (χ0v) is 9.73. The molecule has 1 aromatic carbocycles. The van der Waals surface area contributed by atoms with Crippen LogP contribution in [0, 0.1) is 11.6 Å². The minimum atomic E-state index is -0.685. The standard InChI is InChI=1S/C12H10F2N4O/c13-8-1-2-9(14)7(5-8)6-16-11-4-3-10(12(15)19)17-18-11/h1-5H,6H2,(H2,15,19)(H,16,18). The fourth-order valence-corrected chi connectivity index (χ4v) is 1.42. The first-order valence-corrected chi connectivity index (χ1v) is 5.37. The number of amides is 1. The highest BCUT2D eigenvalue weighted by Gasteiger charge is 2.06. The molecule has 1 aromatic heterocycles. The first-order chi connectivity index (χ1) is 9.06. The number of carbonyl (C=O) groups excluding carboxylic acids is 1. The van der Waals surface area contributed by atoms with Crippen LogP contribution in [0.3, 0.4) is 0 Å². The maximum absolute atomic E-state index is 13.3. The average molecular weight is 264 g/mol. The van der Waals surface area contributed by atoms with E-state index in [-0.39, 0.29) is 17.8 Å². The van der Waals surface area contributed by atoms with Crippen LogP contribution in [0.1, 0.15) is 16.1 Å². The van der Waals surface area contributed by atoms with E-state index in [4.69, 9.17) is 5.73 Å². The largest absolute Gasteiger partial charge is 0.364 e. The van der Waals surface area contributed by atoms with Gasteiger partial charge in [-0.3, -0.25) is 4.79 Å². The highest BCUT2D eigenvalue weighted by atomic mass is 19.1. The SMILES string of the molecule is NC(=O)c1ccc(NCc2cc(F)ccc2F)nn1. The van der Waals surface area contributed by atoms with Crippen molar-refractivity contribution < 1.29 is 13.6 Å². The Hall–Kier alpha value is -2.57. The van der Waals surface area contributed by atoms with Crippen LogP contribution in [-0.4, -0.2) is 16.1 Å². The van der Waals surface area contributed by atoms with Crippen molar-refractivity contribution >= 4 is 11.7 Å². The number of nitrogens with two attached hydrogens (primary N) is 1. The predicted octanol–water partition coefficient (Wildman–Crippen LogP) is 1.47. The molecule has 2 aromatic rings. The molecule has 0 radical (unpaired) electrons. The maximum atomic E-state index is 13.3. The monoisotopic (exact) mass is 264 g/mol. The summed E-state index contributed by atoms with van der Waals surface area (Å²) in [5.41, 5.74) is 5.21. The van der Waals surface area contributed by atoms with Gasteiger partial charge in [0.1, 0.15) is 17.5 Å². The molecule has 7 heteroatoms. The summed E-state index contributed by atoms with van der Waals surface area (Å²) in [7, 11) is 0. The van der Waals surface area contributed by atoms with Gasteiger partial charge in [0.25, 0.3) is 5.91 Å². The van der Waals surface area contributed by atoms with Gasteiger partial charge >= 0.3 is 0 Å². The number of hydrogen-bond acceptors (Lipinski definition) is 4. The van der Waals surface area contributed by atoms with E-state index in [1.54, 1.807) is 0 Å². The van der Waals surface area contributed by atoms with E-state index in [0.29, 0.717) is 5.82 Å². The topological polar surface area (TPSA) is 80.9 Å². The average Bonchev–Trinajstić information content (AvgIpc) is 2.40. The highest BCUT2D eigenvalue weighted by molar-refractivity contribution is 5.90. The van der Waals surface area contributed by atoms with Crippen LogP contribution in [0.15, 0.2) is 30.3 Å². The van der Waals surface area contributed by atoms with Gasteiger partial charge in [-0.1, -0.05) is 0 Å². The molecule has 3 N–H and O–H groups in total. The van der Waals surface area contributed by atoms with Crippen molar-refractivity contribution in [2.75, 3.05) is 5.32 Å². The summed E-state index contributed by atoms with van der Waals surface area (Å²) in [6.07, 6.45) is 0. The van der Waals surface area contributed by atoms with Crippen molar-refractivity contribution in [1.82, 2.24) is 10.2 Å². The third kappa shape index (κ3) is 3.21. The fourth-order valence-electron chi connectivity index (χ4n) is 1.42. The Kier molecular flexibility index (Phi) is 3.65. The normalized spacial score (nSPS) is 10.2. The summed E-state index contributed by atoms with van der Waals surface area (Å²) >= 11 is 0. The van der Waals surface area contributed by atoms with Gasteiger partial charge in [0.15, 0.2) is 5.69 Å². The van der Waals surface area contributed by atoms with Crippen molar-refractivity contribution in [3.05, 3.63) is 53.2 Å². The Morgan fingerprint density at radius 2 is 2.00 bits per heavy atom. The molecule has 0 aliphatic heterocycles. The van der Waals surface area contributed by atoms with Crippen LogP contribution in [0.2, 0.25) is 0 Å². The summed E-state index contributed by atoms with van der Waals surface area (Å²) in [4.78, 5) is 10.8. The first-order valence-electron chi connectivity index (χ1n) is 5.37. The summed E-state index contributed by atoms with van der Waals surface area (Å²) < 4.78 is 26.3. The van der Waals surface area contributed by atoms with E-state index in [0.717, 1.165) is 18.2 Å². The fraction of sp³-hybridized carbons (Fsp3) is 0.0833. The van der Waals surface area contributed by atoms with Gasteiger partial charge in [-0.25, -0.2) is 8.78 Å². The molecule has 0 unspecified atom stereocenters. The lowest BCUT2D eigenvalue weighted by Crippen LogP contribution is -2.14. The zero-order valence-electron chi connectivity index (χ0n) is 9.73. The van der Waals surface area contributed by atoms with E-state index in [1.807, 2.05) is 0 Å². The molecular formula is C12H10F2N4O. The van der Waals surface area contributed by atoms with Gasteiger partial charge in [0.2, 0.25) is 0 Å². The molecule has 19 heavy (non-hydrogen) atoms. The second-order valence-electron chi connectivity index (χ2n) is 3.76. The smallest absolute Gasteiger partial charge is 0.269 e. The number of carbonyl (C=O) groups is 1. The Morgan fingerprint density at radius 1 is 1.21 bits per heavy atom. The zero-order chi connectivity index (χ0) is 13.8. The van der Waals surface area contributed by atoms with Gasteiger partial charge in [0.05, 0.1) is 0 Å². The van der Waals surface area contributed by atoms with Crippen molar-refractivity contribution in [1.29, 1.82) is 0 Å². The number of primary amides is 1. The van der Waals surface area contributed by atoms with Crippen molar-refractivity contribution in [2.45, 2.75) is 6.54 Å². The molecule has 0 fully saturated rings. The van der Waals surface area contributed by atoms with Crippen molar-refractivity contribution in [2.24, 2.45) is 5.73 Å². The lowest BCUT2D eigenvalue weighted by atomic mass is 10.2. The summed E-state index contributed by atoms with van der Waals surface area (Å²) in [6.45, 7) is 0.0498. The summed E-state index contributed by atoms with van der Waals surface area (Å²) in [5, 5.41) is 10.0. The molecule has 1 heterocycles. The van der Waals surface area contributed by atoms with Crippen molar-refractivity contribution in [3.63, 3.8) is 0 Å². The molecule has 0 spiro atoms. The van der Waals surface area contributed by atoms with Crippen LogP contribution in [0.4, 0.5) is 14.6 Å². The second kappa shape index (κ2) is 5.38. The third-order valence-corrected chi connectivity index (χ3v) is 2.38. The number of nitrogens with one attached hydrogen (secondary N) is 1. The highest BCUT2D eigenvalue weighted by Crippen LogP contribution is 2.11. The molecule has 0 atom stereocenters. The molecule has 0 bridgehead atoms. The molecule has 98 valence electrons. The first kappa shape index (κ1) is 12.9. The van der Waals surface area contributed by atoms with Gasteiger partial charge in [0, 0.05) is 12.1 Å². The lowest BCUT2D eigenvalue weighted by molar-refractivity contribution is 0.0994. The van der Waals surface area contributed by atoms with E-state index < -0.39 is 17.5 Å². The summed E-state index contributed by atoms with van der Waals surface area (Å²) in [5.74, 6) is -1.40. The number of aromatic nitrogens is 2.